The van der Waals surface area contributed by atoms with E-state index in [1.165, 1.54) is 4.90 Å². The maximum Gasteiger partial charge on any atom is 0.417 e. The summed E-state index contributed by atoms with van der Waals surface area (Å²) in [5.74, 6) is -0.323. The van der Waals surface area contributed by atoms with Crippen molar-refractivity contribution in [2.24, 2.45) is 5.92 Å². The van der Waals surface area contributed by atoms with Gasteiger partial charge in [-0.1, -0.05) is 44.2 Å². The number of cyclic esters (lactones) is 1. The molecule has 1 unspecified atom stereocenters. The number of rotatable bonds is 3. The predicted molar refractivity (Wildman–Crippen MR) is 66.8 cm³/mol. The van der Waals surface area contributed by atoms with Crippen molar-refractivity contribution >= 4 is 12.0 Å². The van der Waals surface area contributed by atoms with E-state index in [0.29, 0.717) is 6.42 Å². The maximum atomic E-state index is 12.2. The summed E-state index contributed by atoms with van der Waals surface area (Å²) < 4.78 is 5.01. The van der Waals surface area contributed by atoms with Crippen LogP contribution in [-0.4, -0.2) is 23.5 Å². The van der Waals surface area contributed by atoms with Crippen LogP contribution < -0.4 is 0 Å². The van der Waals surface area contributed by atoms with Crippen molar-refractivity contribution in [3.63, 3.8) is 0 Å². The number of carbonyl (C=O) groups is 2. The number of hydrogen-bond donors (Lipinski definition) is 0. The minimum atomic E-state index is -0.533. The minimum absolute atomic E-state index is 0.158. The molecular formula is C14H17NO3. The summed E-state index contributed by atoms with van der Waals surface area (Å²) in [7, 11) is 0. The number of nitrogens with zero attached hydrogens (tertiary/aromatic N) is 1. The van der Waals surface area contributed by atoms with E-state index in [2.05, 4.69) is 0 Å². The molecule has 18 heavy (non-hydrogen) atoms. The first kappa shape index (κ1) is 12.6. The smallest absolute Gasteiger partial charge is 0.417 e. The van der Waals surface area contributed by atoms with Crippen molar-refractivity contribution in [2.75, 3.05) is 6.61 Å². The van der Waals surface area contributed by atoms with Gasteiger partial charge in [0.05, 0.1) is 0 Å². The summed E-state index contributed by atoms with van der Waals surface area (Å²) in [5, 5.41) is 0. The molecule has 2 amide bonds. The average Bonchev–Trinajstić information content (AvgIpc) is 2.80. The largest absolute Gasteiger partial charge is 0.446 e. The van der Waals surface area contributed by atoms with Gasteiger partial charge in [-0.15, -0.1) is 0 Å². The lowest BCUT2D eigenvalue weighted by Crippen LogP contribution is -2.37. The lowest BCUT2D eigenvalue weighted by atomic mass is 10.0. The van der Waals surface area contributed by atoms with Crippen LogP contribution in [0, 0.1) is 5.92 Å². The summed E-state index contributed by atoms with van der Waals surface area (Å²) in [6.45, 7) is 4.00. The van der Waals surface area contributed by atoms with Gasteiger partial charge < -0.3 is 4.74 Å². The summed E-state index contributed by atoms with van der Waals surface area (Å²) in [6.07, 6.45) is 0.179. The molecule has 1 aromatic rings. The molecule has 0 bridgehead atoms. The Bertz CT molecular complexity index is 444. The van der Waals surface area contributed by atoms with Crippen molar-refractivity contribution in [1.82, 2.24) is 4.90 Å². The van der Waals surface area contributed by atoms with E-state index in [0.717, 1.165) is 5.56 Å². The van der Waals surface area contributed by atoms with Crippen LogP contribution >= 0.6 is 0 Å². The number of hydrogen-bond acceptors (Lipinski definition) is 3. The van der Waals surface area contributed by atoms with Crippen LogP contribution in [0.2, 0.25) is 0 Å². The van der Waals surface area contributed by atoms with Crippen LogP contribution in [0.1, 0.15) is 31.9 Å². The fourth-order valence-corrected chi connectivity index (χ4v) is 2.00. The molecule has 1 fully saturated rings. The van der Waals surface area contributed by atoms with Gasteiger partial charge in [0.2, 0.25) is 5.91 Å². The van der Waals surface area contributed by atoms with E-state index >= 15 is 0 Å². The number of carbonyl (C=O) groups excluding carboxylic acids is 2. The van der Waals surface area contributed by atoms with Crippen LogP contribution in [-0.2, 0) is 9.53 Å². The first-order chi connectivity index (χ1) is 8.65. The molecule has 1 saturated heterocycles. The van der Waals surface area contributed by atoms with Gasteiger partial charge in [0.1, 0.15) is 12.6 Å². The van der Waals surface area contributed by atoms with Gasteiger partial charge in [-0.2, -0.15) is 0 Å². The highest BCUT2D eigenvalue weighted by atomic mass is 16.6. The Kier molecular flexibility index (Phi) is 3.65. The highest BCUT2D eigenvalue weighted by Gasteiger charge is 2.39. The summed E-state index contributed by atoms with van der Waals surface area (Å²) in [4.78, 5) is 25.2. The van der Waals surface area contributed by atoms with E-state index in [-0.39, 0.29) is 24.5 Å². The molecule has 4 heteroatoms. The van der Waals surface area contributed by atoms with Crippen LogP contribution in [0.5, 0.6) is 0 Å². The zero-order valence-electron chi connectivity index (χ0n) is 10.6. The van der Waals surface area contributed by atoms with Gasteiger partial charge >= 0.3 is 6.09 Å². The van der Waals surface area contributed by atoms with Gasteiger partial charge in [-0.25, -0.2) is 9.69 Å². The molecule has 0 radical (unpaired) electrons. The molecule has 0 saturated carbocycles. The average molecular weight is 247 g/mol. The van der Waals surface area contributed by atoms with E-state index < -0.39 is 6.09 Å². The summed E-state index contributed by atoms with van der Waals surface area (Å²) in [6, 6.07) is 9.21. The first-order valence-electron chi connectivity index (χ1n) is 6.20. The molecule has 1 aliphatic heterocycles. The lowest BCUT2D eigenvalue weighted by Gasteiger charge is -2.22. The van der Waals surface area contributed by atoms with E-state index in [9.17, 15) is 9.59 Å². The Morgan fingerprint density at radius 2 is 2.11 bits per heavy atom. The van der Waals surface area contributed by atoms with Crippen LogP contribution in [0.15, 0.2) is 30.3 Å². The van der Waals surface area contributed by atoms with Gasteiger partial charge in [-0.3, -0.25) is 4.79 Å². The van der Waals surface area contributed by atoms with Crippen molar-refractivity contribution in [1.29, 1.82) is 0 Å². The van der Waals surface area contributed by atoms with Crippen molar-refractivity contribution in [3.8, 4) is 0 Å². The number of amides is 2. The molecule has 96 valence electrons. The molecule has 0 aliphatic carbocycles. The molecular weight excluding hydrogens is 230 g/mol. The quantitative estimate of drug-likeness (QED) is 0.825. The van der Waals surface area contributed by atoms with Gasteiger partial charge in [-0.05, 0) is 12.0 Å². The highest BCUT2D eigenvalue weighted by Crippen LogP contribution is 2.29. The standard InChI is InChI=1S/C14H17NO3/c1-3-10(2)13(16)15-12(9-18-14(15)17)11-7-5-4-6-8-11/h4-8,10,12H,3,9H2,1-2H3/t10?,12-/m0/s1. The number of imide groups is 1. The monoisotopic (exact) mass is 247 g/mol. The zero-order valence-corrected chi connectivity index (χ0v) is 10.6. The van der Waals surface area contributed by atoms with Crippen molar-refractivity contribution in [2.45, 2.75) is 26.3 Å². The Morgan fingerprint density at radius 1 is 1.44 bits per heavy atom. The topological polar surface area (TPSA) is 46.6 Å². The minimum Gasteiger partial charge on any atom is -0.446 e. The molecule has 0 aromatic heterocycles. The Hall–Kier alpha value is -1.84. The fraction of sp³-hybridized carbons (Fsp3) is 0.429. The van der Waals surface area contributed by atoms with Crippen LogP contribution in [0.25, 0.3) is 0 Å². The first-order valence-corrected chi connectivity index (χ1v) is 6.20. The second kappa shape index (κ2) is 5.21. The molecule has 0 spiro atoms. The van der Waals surface area contributed by atoms with Crippen LogP contribution in [0.4, 0.5) is 4.79 Å². The maximum absolute atomic E-state index is 12.2. The lowest BCUT2D eigenvalue weighted by molar-refractivity contribution is -0.133. The molecule has 2 atom stereocenters. The van der Waals surface area contributed by atoms with Crippen LogP contribution in [0.3, 0.4) is 0 Å². The molecule has 4 nitrogen and oxygen atoms in total. The number of benzene rings is 1. The highest BCUT2D eigenvalue weighted by molar-refractivity contribution is 5.94. The Labute approximate surface area is 107 Å². The van der Waals surface area contributed by atoms with Crippen molar-refractivity contribution < 1.29 is 14.3 Å². The summed E-state index contributed by atoms with van der Waals surface area (Å²) in [5.41, 5.74) is 0.931. The summed E-state index contributed by atoms with van der Waals surface area (Å²) >= 11 is 0. The Morgan fingerprint density at radius 3 is 2.72 bits per heavy atom. The third kappa shape index (κ3) is 2.23. The predicted octanol–water partition coefficient (Wildman–Crippen LogP) is 2.75. The second-order valence-electron chi connectivity index (χ2n) is 4.52. The molecule has 1 aromatic carbocycles. The molecule has 1 aliphatic rings. The third-order valence-electron chi connectivity index (χ3n) is 3.33. The molecule has 0 N–H and O–H groups in total. The van der Waals surface area contributed by atoms with E-state index in [1.54, 1.807) is 0 Å². The third-order valence-corrected chi connectivity index (χ3v) is 3.33. The SMILES string of the molecule is CCC(C)C(=O)N1C(=O)OC[C@H]1c1ccccc1. The zero-order chi connectivity index (χ0) is 13.1. The molecule has 1 heterocycles. The molecule has 2 rings (SSSR count). The van der Waals surface area contributed by atoms with E-state index in [1.807, 2.05) is 44.2 Å². The van der Waals surface area contributed by atoms with Gasteiger partial charge in [0, 0.05) is 5.92 Å². The number of ether oxygens (including phenoxy) is 1. The normalized spacial score (nSPS) is 20.7. The second-order valence-corrected chi connectivity index (χ2v) is 4.52. The Balaban J connectivity index is 2.26. The fourth-order valence-electron chi connectivity index (χ4n) is 2.00. The van der Waals surface area contributed by atoms with Gasteiger partial charge in [0.15, 0.2) is 0 Å². The van der Waals surface area contributed by atoms with E-state index in [4.69, 9.17) is 4.74 Å². The van der Waals surface area contributed by atoms with Crippen molar-refractivity contribution in [3.05, 3.63) is 35.9 Å². The van der Waals surface area contributed by atoms with Gasteiger partial charge in [0.25, 0.3) is 0 Å².